The molecule has 2 rings (SSSR count). The first-order chi connectivity index (χ1) is 8.00. The van der Waals surface area contributed by atoms with Crippen LogP contribution in [0.15, 0.2) is 12.1 Å². The Labute approximate surface area is 101 Å². The largest absolute Gasteiger partial charge is 0.324 e. The molecule has 0 amide bonds. The fourth-order valence-corrected chi connectivity index (χ4v) is 2.32. The third-order valence-electron chi connectivity index (χ3n) is 3.90. The van der Waals surface area contributed by atoms with Crippen LogP contribution in [0.5, 0.6) is 0 Å². The fraction of sp³-hybridized carbons (Fsp3) is 0.538. The Morgan fingerprint density at radius 2 is 2.06 bits per heavy atom. The molecule has 0 saturated heterocycles. The van der Waals surface area contributed by atoms with Gasteiger partial charge in [-0.2, -0.15) is 0 Å². The molecule has 1 aromatic carbocycles. The molecule has 4 nitrogen and oxygen atoms in total. The van der Waals surface area contributed by atoms with E-state index in [9.17, 15) is 10.1 Å². The van der Waals surface area contributed by atoms with E-state index in [0.717, 1.165) is 29.5 Å². The molecule has 1 aliphatic carbocycles. The lowest BCUT2D eigenvalue weighted by Gasteiger charge is -2.31. The van der Waals surface area contributed by atoms with Crippen LogP contribution >= 0.6 is 0 Å². The Morgan fingerprint density at radius 3 is 2.53 bits per heavy atom. The number of nitro groups is 1. The summed E-state index contributed by atoms with van der Waals surface area (Å²) in [6.07, 6.45) is 3.51. The van der Waals surface area contributed by atoms with Crippen molar-refractivity contribution in [1.29, 1.82) is 0 Å². The number of rotatable bonds is 3. The van der Waals surface area contributed by atoms with Crippen LogP contribution in [0.4, 0.5) is 5.69 Å². The lowest BCUT2D eigenvalue weighted by Crippen LogP contribution is -2.27. The highest BCUT2D eigenvalue weighted by Crippen LogP contribution is 2.37. The molecule has 0 bridgehead atoms. The van der Waals surface area contributed by atoms with E-state index in [1.54, 1.807) is 13.0 Å². The maximum absolute atomic E-state index is 11.0. The number of nitro benzene ring substituents is 1. The van der Waals surface area contributed by atoms with Crippen LogP contribution in [0.25, 0.3) is 0 Å². The molecular weight excluding hydrogens is 216 g/mol. The highest BCUT2D eigenvalue weighted by molar-refractivity contribution is 5.48. The third-order valence-corrected chi connectivity index (χ3v) is 3.90. The van der Waals surface area contributed by atoms with E-state index in [-0.39, 0.29) is 16.7 Å². The van der Waals surface area contributed by atoms with Crippen LogP contribution in [0.1, 0.15) is 42.0 Å². The quantitative estimate of drug-likeness (QED) is 0.645. The molecule has 0 aromatic heterocycles. The van der Waals surface area contributed by atoms with E-state index in [1.165, 1.54) is 6.42 Å². The van der Waals surface area contributed by atoms with Gasteiger partial charge in [-0.3, -0.25) is 10.1 Å². The molecule has 4 heteroatoms. The van der Waals surface area contributed by atoms with Crippen molar-refractivity contribution >= 4 is 5.69 Å². The minimum Gasteiger partial charge on any atom is -0.324 e. The molecule has 1 fully saturated rings. The second-order valence-corrected chi connectivity index (χ2v) is 4.96. The van der Waals surface area contributed by atoms with Gasteiger partial charge in [0.15, 0.2) is 0 Å². The van der Waals surface area contributed by atoms with E-state index < -0.39 is 0 Å². The van der Waals surface area contributed by atoms with Gasteiger partial charge in [-0.05, 0) is 43.7 Å². The molecule has 17 heavy (non-hydrogen) atoms. The molecule has 1 aromatic rings. The minimum atomic E-state index is -0.320. The zero-order valence-corrected chi connectivity index (χ0v) is 10.3. The zero-order chi connectivity index (χ0) is 12.6. The van der Waals surface area contributed by atoms with Crippen molar-refractivity contribution in [3.8, 4) is 0 Å². The molecule has 1 unspecified atom stereocenters. The minimum absolute atomic E-state index is 0.0539. The van der Waals surface area contributed by atoms with E-state index in [4.69, 9.17) is 5.73 Å². The lowest BCUT2D eigenvalue weighted by atomic mass is 9.77. The predicted molar refractivity (Wildman–Crippen MR) is 66.8 cm³/mol. The van der Waals surface area contributed by atoms with Gasteiger partial charge >= 0.3 is 0 Å². The van der Waals surface area contributed by atoms with E-state index >= 15 is 0 Å². The molecule has 2 N–H and O–H groups in total. The Hall–Kier alpha value is -1.42. The number of nitrogens with zero attached hydrogens (tertiary/aromatic N) is 1. The van der Waals surface area contributed by atoms with Crippen molar-refractivity contribution < 1.29 is 4.92 Å². The number of benzene rings is 1. The van der Waals surface area contributed by atoms with Crippen LogP contribution in [0.2, 0.25) is 0 Å². The van der Waals surface area contributed by atoms with Crippen LogP contribution in [-0.4, -0.2) is 4.92 Å². The van der Waals surface area contributed by atoms with Crippen LogP contribution in [-0.2, 0) is 0 Å². The van der Waals surface area contributed by atoms with Gasteiger partial charge in [0.2, 0.25) is 0 Å². The van der Waals surface area contributed by atoms with Gasteiger partial charge in [-0.15, -0.1) is 0 Å². The van der Waals surface area contributed by atoms with Gasteiger partial charge in [-0.25, -0.2) is 0 Å². The molecule has 92 valence electrons. The van der Waals surface area contributed by atoms with Crippen molar-refractivity contribution in [2.24, 2.45) is 11.7 Å². The standard InChI is InChI=1S/C13H18N2O2/c1-8-6-11(13(14)10-4-3-5-10)7-12(9(8)2)15(16)17/h6-7,10,13H,3-5,14H2,1-2H3. The second kappa shape index (κ2) is 4.45. The summed E-state index contributed by atoms with van der Waals surface area (Å²) in [5, 5.41) is 11.0. The van der Waals surface area contributed by atoms with Gasteiger partial charge in [0.25, 0.3) is 5.69 Å². The Kier molecular flexibility index (Phi) is 3.15. The zero-order valence-electron chi connectivity index (χ0n) is 10.3. The topological polar surface area (TPSA) is 69.2 Å². The van der Waals surface area contributed by atoms with Crippen LogP contribution in [0.3, 0.4) is 0 Å². The maximum atomic E-state index is 11.0. The van der Waals surface area contributed by atoms with E-state index in [0.29, 0.717) is 5.92 Å². The van der Waals surface area contributed by atoms with Crippen molar-refractivity contribution in [1.82, 2.24) is 0 Å². The first-order valence-corrected chi connectivity index (χ1v) is 6.02. The van der Waals surface area contributed by atoms with Crippen molar-refractivity contribution in [2.45, 2.75) is 39.2 Å². The average molecular weight is 234 g/mol. The molecule has 0 spiro atoms. The molecule has 1 atom stereocenters. The van der Waals surface area contributed by atoms with Crippen molar-refractivity contribution in [2.75, 3.05) is 0 Å². The predicted octanol–water partition coefficient (Wildman–Crippen LogP) is 3.01. The van der Waals surface area contributed by atoms with Gasteiger partial charge in [0.05, 0.1) is 4.92 Å². The number of nitrogens with two attached hydrogens (primary N) is 1. The third kappa shape index (κ3) is 2.17. The van der Waals surface area contributed by atoms with Gasteiger partial charge in [0.1, 0.15) is 0 Å². The highest BCUT2D eigenvalue weighted by Gasteiger charge is 2.27. The summed E-state index contributed by atoms with van der Waals surface area (Å²) in [5.41, 5.74) is 8.95. The Balaban J connectivity index is 2.37. The maximum Gasteiger partial charge on any atom is 0.272 e. The second-order valence-electron chi connectivity index (χ2n) is 4.96. The van der Waals surface area contributed by atoms with E-state index in [1.807, 2.05) is 13.0 Å². The fourth-order valence-electron chi connectivity index (χ4n) is 2.32. The normalized spacial score (nSPS) is 17.6. The van der Waals surface area contributed by atoms with Crippen LogP contribution in [0, 0.1) is 29.9 Å². The SMILES string of the molecule is Cc1cc(C(N)C2CCC2)cc([N+](=O)[O-])c1C. The summed E-state index contributed by atoms with van der Waals surface area (Å²) in [4.78, 5) is 10.6. The summed E-state index contributed by atoms with van der Waals surface area (Å²) in [5.74, 6) is 0.497. The summed E-state index contributed by atoms with van der Waals surface area (Å²) < 4.78 is 0. The highest BCUT2D eigenvalue weighted by atomic mass is 16.6. The summed E-state index contributed by atoms with van der Waals surface area (Å²) in [6, 6.07) is 3.58. The monoisotopic (exact) mass is 234 g/mol. The Morgan fingerprint density at radius 1 is 1.41 bits per heavy atom. The smallest absolute Gasteiger partial charge is 0.272 e. The Bertz CT molecular complexity index is 453. The lowest BCUT2D eigenvalue weighted by molar-refractivity contribution is -0.385. The van der Waals surface area contributed by atoms with Gasteiger partial charge < -0.3 is 5.73 Å². The molecule has 0 heterocycles. The number of hydrogen-bond acceptors (Lipinski definition) is 3. The number of aryl methyl sites for hydroxylation is 1. The number of hydrogen-bond donors (Lipinski definition) is 1. The van der Waals surface area contributed by atoms with Crippen molar-refractivity contribution in [3.63, 3.8) is 0 Å². The molecule has 0 aliphatic heterocycles. The molecule has 1 aliphatic rings. The first kappa shape index (κ1) is 12.0. The molecular formula is C13H18N2O2. The van der Waals surface area contributed by atoms with Gasteiger partial charge in [0, 0.05) is 17.7 Å². The van der Waals surface area contributed by atoms with Crippen LogP contribution < -0.4 is 5.73 Å². The van der Waals surface area contributed by atoms with Crippen molar-refractivity contribution in [3.05, 3.63) is 38.9 Å². The summed E-state index contributed by atoms with van der Waals surface area (Å²) >= 11 is 0. The van der Waals surface area contributed by atoms with E-state index in [2.05, 4.69) is 0 Å². The molecule has 1 saturated carbocycles. The average Bonchev–Trinajstić information content (AvgIpc) is 2.18. The summed E-state index contributed by atoms with van der Waals surface area (Å²) in [6.45, 7) is 3.69. The molecule has 0 radical (unpaired) electrons. The first-order valence-electron chi connectivity index (χ1n) is 6.02. The van der Waals surface area contributed by atoms with Gasteiger partial charge in [-0.1, -0.05) is 12.5 Å². The summed E-state index contributed by atoms with van der Waals surface area (Å²) in [7, 11) is 0.